The predicted molar refractivity (Wildman–Crippen MR) is 154 cm³/mol. The van der Waals surface area contributed by atoms with Gasteiger partial charge in [-0.05, 0) is 63.6 Å². The van der Waals surface area contributed by atoms with E-state index in [2.05, 4.69) is 37.6 Å². The predicted octanol–water partition coefficient (Wildman–Crippen LogP) is 4.51. The fourth-order valence-electron chi connectivity index (χ4n) is 4.77. The molecule has 1 atom stereocenters. The standard InChI is InChI=1S/C30H40N6O3/c1-2-39-20-19-36(17-7-6-12-25-14-13-24-11-8-16-31-29(24)34-25)18-15-26(30(37)38)35-28-21-27(32-22-33-28)23-9-4-3-5-10-23/h3-5,9-10,13-14,21-22,26H,2,6-8,11-12,15-20H2,1H3,(H,31,34)(H,37,38)(H,32,33,35)/t26-/m0/s1. The van der Waals surface area contributed by atoms with E-state index in [1.807, 2.05) is 37.3 Å². The van der Waals surface area contributed by atoms with Gasteiger partial charge in [0.15, 0.2) is 0 Å². The molecule has 0 aliphatic carbocycles. The van der Waals surface area contributed by atoms with Crippen molar-refractivity contribution in [2.24, 2.45) is 0 Å². The summed E-state index contributed by atoms with van der Waals surface area (Å²) < 4.78 is 5.59. The molecule has 0 radical (unpaired) electrons. The van der Waals surface area contributed by atoms with Crippen LogP contribution in [0.25, 0.3) is 11.3 Å². The van der Waals surface area contributed by atoms with Gasteiger partial charge in [0.1, 0.15) is 24.0 Å². The maximum Gasteiger partial charge on any atom is 0.326 e. The number of carbonyl (C=O) groups is 1. The first-order chi connectivity index (χ1) is 19.1. The second-order valence-corrected chi connectivity index (χ2v) is 9.81. The van der Waals surface area contributed by atoms with E-state index in [9.17, 15) is 9.90 Å². The molecule has 0 unspecified atom stereocenters. The lowest BCUT2D eigenvalue weighted by molar-refractivity contribution is -0.138. The summed E-state index contributed by atoms with van der Waals surface area (Å²) in [4.78, 5) is 27.8. The monoisotopic (exact) mass is 532 g/mol. The molecular weight excluding hydrogens is 492 g/mol. The van der Waals surface area contributed by atoms with Crippen molar-refractivity contribution in [3.63, 3.8) is 0 Å². The number of carboxylic acid groups (broad SMARTS) is 1. The van der Waals surface area contributed by atoms with Crippen molar-refractivity contribution in [1.82, 2.24) is 19.9 Å². The average Bonchev–Trinajstić information content (AvgIpc) is 2.97. The number of rotatable bonds is 16. The Labute approximate surface area is 231 Å². The molecule has 1 aromatic carbocycles. The van der Waals surface area contributed by atoms with Crippen molar-refractivity contribution >= 4 is 17.6 Å². The number of nitrogens with one attached hydrogen (secondary N) is 2. The van der Waals surface area contributed by atoms with Gasteiger partial charge >= 0.3 is 5.97 Å². The van der Waals surface area contributed by atoms with E-state index >= 15 is 0 Å². The molecule has 3 heterocycles. The highest BCUT2D eigenvalue weighted by atomic mass is 16.5. The highest BCUT2D eigenvalue weighted by Crippen LogP contribution is 2.21. The summed E-state index contributed by atoms with van der Waals surface area (Å²) in [5.41, 5.74) is 4.14. The van der Waals surface area contributed by atoms with Crippen LogP contribution in [-0.4, -0.2) is 76.4 Å². The lowest BCUT2D eigenvalue weighted by atomic mass is 10.1. The third-order valence-electron chi connectivity index (χ3n) is 6.96. The summed E-state index contributed by atoms with van der Waals surface area (Å²) >= 11 is 0. The fraction of sp³-hybridized carbons (Fsp3) is 0.467. The Hall–Kier alpha value is -3.56. The Morgan fingerprint density at radius 2 is 2.00 bits per heavy atom. The molecule has 0 saturated heterocycles. The Morgan fingerprint density at radius 1 is 1.13 bits per heavy atom. The lowest BCUT2D eigenvalue weighted by Gasteiger charge is -2.24. The third-order valence-corrected chi connectivity index (χ3v) is 6.96. The van der Waals surface area contributed by atoms with Gasteiger partial charge in [-0.2, -0.15) is 0 Å². The van der Waals surface area contributed by atoms with E-state index in [1.165, 1.54) is 11.9 Å². The zero-order valence-electron chi connectivity index (χ0n) is 22.8. The number of hydrogen-bond acceptors (Lipinski definition) is 8. The summed E-state index contributed by atoms with van der Waals surface area (Å²) in [6.45, 7) is 6.58. The molecule has 9 heteroatoms. The third kappa shape index (κ3) is 9.01. The van der Waals surface area contributed by atoms with Gasteiger partial charge in [0.2, 0.25) is 0 Å². The van der Waals surface area contributed by atoms with Gasteiger partial charge in [0.25, 0.3) is 0 Å². The summed E-state index contributed by atoms with van der Waals surface area (Å²) in [7, 11) is 0. The minimum absolute atomic E-state index is 0.449. The summed E-state index contributed by atoms with van der Waals surface area (Å²) in [5.74, 6) is 0.653. The second-order valence-electron chi connectivity index (χ2n) is 9.81. The Bertz CT molecular complexity index is 1180. The van der Waals surface area contributed by atoms with Gasteiger partial charge in [0, 0.05) is 43.6 Å². The van der Waals surface area contributed by atoms with E-state index < -0.39 is 12.0 Å². The second kappa shape index (κ2) is 15.1. The molecule has 3 aromatic rings. The lowest BCUT2D eigenvalue weighted by Crippen LogP contribution is -2.37. The average molecular weight is 533 g/mol. The van der Waals surface area contributed by atoms with Crippen LogP contribution in [0.15, 0.2) is 54.9 Å². The van der Waals surface area contributed by atoms with Gasteiger partial charge in [-0.25, -0.2) is 19.7 Å². The summed E-state index contributed by atoms with van der Waals surface area (Å²) in [6, 6.07) is 15.2. The van der Waals surface area contributed by atoms with Gasteiger partial charge in [0.05, 0.1) is 12.3 Å². The van der Waals surface area contributed by atoms with E-state index in [0.717, 1.165) is 74.5 Å². The van der Waals surface area contributed by atoms with Crippen LogP contribution < -0.4 is 10.6 Å². The van der Waals surface area contributed by atoms with E-state index in [1.54, 1.807) is 6.07 Å². The number of unbranched alkanes of at least 4 members (excludes halogenated alkanes) is 1. The SMILES string of the molecule is CCOCCN(CCCCc1ccc2c(n1)NCCC2)CC[C@H](Nc1cc(-c2ccccc2)ncn1)C(=O)O. The number of pyridine rings is 1. The number of aryl methyl sites for hydroxylation is 2. The van der Waals surface area contributed by atoms with Crippen molar-refractivity contribution in [2.45, 2.75) is 51.5 Å². The van der Waals surface area contributed by atoms with Crippen molar-refractivity contribution in [3.8, 4) is 11.3 Å². The molecule has 1 aliphatic rings. The molecular formula is C30H40N6O3. The van der Waals surface area contributed by atoms with Crippen LogP contribution in [0.4, 0.5) is 11.6 Å². The fourth-order valence-corrected chi connectivity index (χ4v) is 4.77. The van der Waals surface area contributed by atoms with Gasteiger partial charge < -0.3 is 25.4 Å². The molecule has 4 rings (SSSR count). The summed E-state index contributed by atoms with van der Waals surface area (Å²) in [6.07, 6.45) is 7.15. The highest BCUT2D eigenvalue weighted by Gasteiger charge is 2.20. The molecule has 3 N–H and O–H groups in total. The Morgan fingerprint density at radius 3 is 2.82 bits per heavy atom. The molecule has 39 heavy (non-hydrogen) atoms. The number of nitrogens with zero attached hydrogens (tertiary/aromatic N) is 4. The smallest absolute Gasteiger partial charge is 0.326 e. The Kier molecular flexibility index (Phi) is 11.0. The van der Waals surface area contributed by atoms with Crippen LogP contribution in [-0.2, 0) is 22.4 Å². The van der Waals surface area contributed by atoms with E-state index in [0.29, 0.717) is 32.0 Å². The molecule has 0 fully saturated rings. The maximum atomic E-state index is 12.1. The quantitative estimate of drug-likeness (QED) is 0.229. The number of aromatic nitrogens is 3. The molecule has 1 aliphatic heterocycles. The normalized spacial score (nSPS) is 13.5. The van der Waals surface area contributed by atoms with Gasteiger partial charge in [-0.1, -0.05) is 36.4 Å². The van der Waals surface area contributed by atoms with Crippen molar-refractivity contribution < 1.29 is 14.6 Å². The number of hydrogen-bond donors (Lipinski definition) is 3. The molecule has 2 aromatic heterocycles. The van der Waals surface area contributed by atoms with Gasteiger partial charge in [-0.15, -0.1) is 0 Å². The van der Waals surface area contributed by atoms with Crippen molar-refractivity contribution in [1.29, 1.82) is 0 Å². The van der Waals surface area contributed by atoms with Crippen molar-refractivity contribution in [2.75, 3.05) is 50.0 Å². The largest absolute Gasteiger partial charge is 0.480 e. The highest BCUT2D eigenvalue weighted by molar-refractivity contribution is 5.77. The Balaban J connectivity index is 1.29. The van der Waals surface area contributed by atoms with E-state index in [-0.39, 0.29) is 0 Å². The number of ether oxygens (including phenoxy) is 1. The molecule has 0 bridgehead atoms. The molecule has 0 amide bonds. The zero-order chi connectivity index (χ0) is 27.3. The van der Waals surface area contributed by atoms with E-state index in [4.69, 9.17) is 9.72 Å². The van der Waals surface area contributed by atoms with Crippen LogP contribution >= 0.6 is 0 Å². The first kappa shape index (κ1) is 28.4. The topological polar surface area (TPSA) is 113 Å². The van der Waals surface area contributed by atoms with Crippen molar-refractivity contribution in [3.05, 3.63) is 66.1 Å². The van der Waals surface area contributed by atoms with Crippen LogP contribution in [0.3, 0.4) is 0 Å². The number of carboxylic acids is 1. The molecule has 9 nitrogen and oxygen atoms in total. The minimum atomic E-state index is -0.897. The molecule has 0 spiro atoms. The van der Waals surface area contributed by atoms with Crippen LogP contribution in [0.5, 0.6) is 0 Å². The number of aliphatic carboxylic acids is 1. The van der Waals surface area contributed by atoms with Gasteiger partial charge in [-0.3, -0.25) is 0 Å². The first-order valence-electron chi connectivity index (χ1n) is 14.0. The minimum Gasteiger partial charge on any atom is -0.480 e. The molecule has 0 saturated carbocycles. The maximum absolute atomic E-state index is 12.1. The van der Waals surface area contributed by atoms with Crippen LogP contribution in [0.2, 0.25) is 0 Å². The van der Waals surface area contributed by atoms with Crippen LogP contribution in [0, 0.1) is 0 Å². The number of benzene rings is 1. The zero-order valence-corrected chi connectivity index (χ0v) is 22.8. The number of anilines is 2. The van der Waals surface area contributed by atoms with Crippen LogP contribution in [0.1, 0.15) is 43.9 Å². The number of fused-ring (bicyclic) bond motifs is 1. The molecule has 208 valence electrons. The first-order valence-corrected chi connectivity index (χ1v) is 14.0. The summed E-state index contributed by atoms with van der Waals surface area (Å²) in [5, 5.41) is 16.4.